The van der Waals surface area contributed by atoms with E-state index >= 15 is 0 Å². The fourth-order valence-corrected chi connectivity index (χ4v) is 0.185. The molecule has 56 valence electrons. The molecule has 0 atom stereocenters. The van der Waals surface area contributed by atoms with Crippen LogP contribution >= 0.6 is 0 Å². The number of carbonyl (C=O) groups is 1. The maximum absolute atomic E-state index is 10.2. The Morgan fingerprint density at radius 3 is 1.80 bits per heavy atom. The van der Waals surface area contributed by atoms with E-state index in [1.165, 1.54) is 6.92 Å². The van der Waals surface area contributed by atoms with Crippen LogP contribution in [0.25, 0.3) is 0 Å². The van der Waals surface area contributed by atoms with Gasteiger partial charge in [-0.05, 0) is 6.92 Å². The summed E-state index contributed by atoms with van der Waals surface area (Å²) in [6.45, 7) is 0.187. The molecule has 0 amide bonds. The van der Waals surface area contributed by atoms with E-state index in [2.05, 4.69) is 0 Å². The second kappa shape index (κ2) is 5.80. The van der Waals surface area contributed by atoms with Gasteiger partial charge in [-0.3, -0.25) is 4.79 Å². The summed E-state index contributed by atoms with van der Waals surface area (Å²) in [6.07, 6.45) is 0. The van der Waals surface area contributed by atoms with Gasteiger partial charge in [0, 0.05) is 0 Å². The van der Waals surface area contributed by atoms with Crippen LogP contribution in [0.15, 0.2) is 0 Å². The van der Waals surface area contributed by atoms with Crippen LogP contribution in [0.5, 0.6) is 0 Å². The van der Waals surface area contributed by atoms with Crippen molar-refractivity contribution in [3.05, 3.63) is 0 Å². The van der Waals surface area contributed by atoms with Crippen LogP contribution in [-0.2, 0) is 4.79 Å². The summed E-state index contributed by atoms with van der Waals surface area (Å²) in [7, 11) is 0. The average molecular weight is 221 g/mol. The quantitative estimate of drug-likeness (QED) is 0.456. The van der Waals surface area contributed by atoms with Crippen molar-refractivity contribution in [2.75, 3.05) is 13.2 Å². The molecular formula is C5H11O4Rb. The molecule has 0 rings (SSSR count). The number of hydrogen-bond donors (Lipinski definition) is 3. The van der Waals surface area contributed by atoms with Gasteiger partial charge in [-0.15, -0.1) is 0 Å². The minimum absolute atomic E-state index is 0. The van der Waals surface area contributed by atoms with E-state index in [-0.39, 0.29) is 59.6 Å². The fraction of sp³-hybridized carbons (Fsp3) is 0.800. The summed E-state index contributed by atoms with van der Waals surface area (Å²) in [5, 5.41) is 25.1. The van der Waals surface area contributed by atoms with E-state index < -0.39 is 24.6 Å². The van der Waals surface area contributed by atoms with Gasteiger partial charge in [0.25, 0.3) is 0 Å². The number of aliphatic hydroxyl groups is 2. The molecule has 0 spiro atoms. The van der Waals surface area contributed by atoms with E-state index in [0.717, 1.165) is 0 Å². The van der Waals surface area contributed by atoms with Crippen molar-refractivity contribution in [3.63, 3.8) is 0 Å². The Bertz CT molecular complexity index is 115. The molecule has 0 heterocycles. The summed E-state index contributed by atoms with van der Waals surface area (Å²) in [5.41, 5.74) is -1.39. The van der Waals surface area contributed by atoms with Gasteiger partial charge < -0.3 is 16.7 Å². The number of aliphatic hydroxyl groups excluding tert-OH is 2. The molecule has 3 N–H and O–H groups in total. The molecule has 0 aromatic carbocycles. The van der Waals surface area contributed by atoms with Crippen molar-refractivity contribution in [2.24, 2.45) is 5.41 Å². The van der Waals surface area contributed by atoms with Gasteiger partial charge in [0.05, 0.1) is 13.2 Å². The van der Waals surface area contributed by atoms with Gasteiger partial charge in [-0.2, -0.15) is 0 Å². The standard InChI is InChI=1S/C5H10O4.Rb.H/c1-5(2-6,3-7)4(8)9;;/h6-7H,2-3H2,1H3,(H,8,9);;/q;+1;-1. The van der Waals surface area contributed by atoms with Gasteiger partial charge in [-0.1, -0.05) is 0 Å². The van der Waals surface area contributed by atoms with Crippen molar-refractivity contribution in [1.29, 1.82) is 0 Å². The zero-order chi connectivity index (χ0) is 7.49. The number of carboxylic acids is 1. The second-order valence-electron chi connectivity index (χ2n) is 2.18. The van der Waals surface area contributed by atoms with Crippen LogP contribution in [0.2, 0.25) is 0 Å². The summed E-state index contributed by atoms with van der Waals surface area (Å²) < 4.78 is 0. The summed E-state index contributed by atoms with van der Waals surface area (Å²) in [6, 6.07) is 0. The fourth-order valence-electron chi connectivity index (χ4n) is 0.185. The smallest absolute Gasteiger partial charge is 1.00 e. The van der Waals surface area contributed by atoms with E-state index in [1.54, 1.807) is 0 Å². The Morgan fingerprint density at radius 1 is 1.50 bits per heavy atom. The Morgan fingerprint density at radius 2 is 1.80 bits per heavy atom. The first-order chi connectivity index (χ1) is 4.06. The van der Waals surface area contributed by atoms with Crippen molar-refractivity contribution in [1.82, 2.24) is 0 Å². The Balaban J connectivity index is -0.000000320. The Kier molecular flexibility index (Phi) is 7.98. The van der Waals surface area contributed by atoms with Gasteiger partial charge >= 0.3 is 64.2 Å². The second-order valence-corrected chi connectivity index (χ2v) is 2.18. The molecule has 0 bridgehead atoms. The van der Waals surface area contributed by atoms with Crippen LogP contribution in [0.4, 0.5) is 0 Å². The SMILES string of the molecule is CC(CO)(CO)C(=O)O.[H-].[Rb+]. The Labute approximate surface area is 110 Å². The molecule has 0 fully saturated rings. The van der Waals surface area contributed by atoms with Crippen LogP contribution in [-0.4, -0.2) is 34.5 Å². The topological polar surface area (TPSA) is 77.8 Å². The maximum atomic E-state index is 10.2. The molecule has 0 radical (unpaired) electrons. The molecule has 10 heavy (non-hydrogen) atoms. The first-order valence-corrected chi connectivity index (χ1v) is 2.52. The third-order valence-electron chi connectivity index (χ3n) is 1.21. The molecule has 5 heteroatoms. The van der Waals surface area contributed by atoms with E-state index in [1.807, 2.05) is 0 Å². The van der Waals surface area contributed by atoms with Crippen molar-refractivity contribution in [3.8, 4) is 0 Å². The molecule has 0 unspecified atom stereocenters. The normalized spacial score (nSPS) is 10.3. The van der Waals surface area contributed by atoms with Crippen molar-refractivity contribution >= 4 is 5.97 Å². The predicted octanol–water partition coefficient (Wildman–Crippen LogP) is -3.82. The minimum atomic E-state index is -1.39. The molecular weight excluding hydrogens is 210 g/mol. The zero-order valence-corrected chi connectivity index (χ0v) is 11.1. The molecule has 0 aliphatic heterocycles. The van der Waals surface area contributed by atoms with Crippen LogP contribution in [0.1, 0.15) is 8.35 Å². The number of carboxylic acid groups (broad SMARTS) is 1. The molecule has 0 saturated heterocycles. The van der Waals surface area contributed by atoms with Gasteiger partial charge in [0.1, 0.15) is 5.41 Å². The van der Waals surface area contributed by atoms with Crippen molar-refractivity contribution in [2.45, 2.75) is 6.92 Å². The molecule has 0 aliphatic rings. The van der Waals surface area contributed by atoms with Crippen LogP contribution in [0.3, 0.4) is 0 Å². The summed E-state index contributed by atoms with van der Waals surface area (Å²) >= 11 is 0. The third kappa shape index (κ3) is 3.55. The largest absolute Gasteiger partial charge is 1.00 e. The van der Waals surface area contributed by atoms with E-state index in [9.17, 15) is 4.79 Å². The van der Waals surface area contributed by atoms with Gasteiger partial charge in [0.15, 0.2) is 0 Å². The first-order valence-electron chi connectivity index (χ1n) is 2.52. The molecule has 0 aromatic heterocycles. The number of rotatable bonds is 3. The summed E-state index contributed by atoms with van der Waals surface area (Å²) in [4.78, 5) is 10.2. The minimum Gasteiger partial charge on any atom is -1.00 e. The molecule has 0 aliphatic carbocycles. The maximum Gasteiger partial charge on any atom is 1.00 e. The zero-order valence-electron chi connectivity index (χ0n) is 7.16. The van der Waals surface area contributed by atoms with Gasteiger partial charge in [-0.25, -0.2) is 0 Å². The first kappa shape index (κ1) is 13.8. The van der Waals surface area contributed by atoms with Crippen molar-refractivity contribution < 1.29 is 79.7 Å². The van der Waals surface area contributed by atoms with E-state index in [0.29, 0.717) is 0 Å². The van der Waals surface area contributed by atoms with Crippen LogP contribution < -0.4 is 58.2 Å². The average Bonchev–Trinajstić information content (AvgIpc) is 1.86. The van der Waals surface area contributed by atoms with Gasteiger partial charge in [0.2, 0.25) is 0 Å². The molecule has 4 nitrogen and oxygen atoms in total. The summed E-state index contributed by atoms with van der Waals surface area (Å²) in [5.74, 6) is -1.19. The number of aliphatic carboxylic acids is 1. The van der Waals surface area contributed by atoms with E-state index in [4.69, 9.17) is 15.3 Å². The van der Waals surface area contributed by atoms with Crippen LogP contribution in [0, 0.1) is 5.41 Å². The third-order valence-corrected chi connectivity index (χ3v) is 1.21. The monoisotopic (exact) mass is 220 g/mol. The molecule has 0 aromatic rings. The Hall–Kier alpha value is 1.20. The molecule has 0 saturated carbocycles. The predicted molar refractivity (Wildman–Crippen MR) is 31.0 cm³/mol. The number of hydrogen-bond acceptors (Lipinski definition) is 3.